The van der Waals surface area contributed by atoms with Gasteiger partial charge in [0.15, 0.2) is 0 Å². The topological polar surface area (TPSA) is 33.1 Å². The summed E-state index contributed by atoms with van der Waals surface area (Å²) in [5.74, 6) is -0.270. The Kier molecular flexibility index (Phi) is 3.18. The molecule has 1 heterocycles. The summed E-state index contributed by atoms with van der Waals surface area (Å²) >= 11 is 0. The van der Waals surface area contributed by atoms with Crippen molar-refractivity contribution in [3.63, 3.8) is 0 Å². The third kappa shape index (κ3) is 2.57. The fourth-order valence-corrected chi connectivity index (χ4v) is 1.96. The van der Waals surface area contributed by atoms with Crippen molar-refractivity contribution in [2.75, 3.05) is 0 Å². The summed E-state index contributed by atoms with van der Waals surface area (Å²) in [7, 11) is 0. The van der Waals surface area contributed by atoms with Crippen molar-refractivity contribution in [3.8, 4) is 11.3 Å². The van der Waals surface area contributed by atoms with Crippen molar-refractivity contribution in [1.82, 2.24) is 4.98 Å². The van der Waals surface area contributed by atoms with Gasteiger partial charge in [-0.3, -0.25) is 4.98 Å². The molecule has 0 spiro atoms. The minimum Gasteiger partial charge on any atom is -0.386 e. The Morgan fingerprint density at radius 3 is 2.33 bits per heavy atom. The van der Waals surface area contributed by atoms with E-state index in [1.165, 1.54) is 12.1 Å². The molecule has 0 saturated carbocycles. The van der Waals surface area contributed by atoms with Crippen molar-refractivity contribution in [2.24, 2.45) is 0 Å². The SMILES string of the molecule is Cc1cnc(-c2ccc(F)cc2)cc1C(C)(C)O. The minimum atomic E-state index is -0.915. The molecule has 0 bridgehead atoms. The normalized spacial score (nSPS) is 11.6. The summed E-state index contributed by atoms with van der Waals surface area (Å²) in [5.41, 5.74) is 2.42. The summed E-state index contributed by atoms with van der Waals surface area (Å²) in [5, 5.41) is 10.1. The molecule has 0 amide bonds. The Labute approximate surface area is 106 Å². The molecule has 94 valence electrons. The number of aliphatic hydroxyl groups is 1. The number of nitrogens with zero attached hydrogens (tertiary/aromatic N) is 1. The standard InChI is InChI=1S/C15H16FNO/c1-10-9-17-14(8-13(10)15(2,3)18)11-4-6-12(16)7-5-11/h4-9,18H,1-3H3. The number of aryl methyl sites for hydroxylation is 1. The van der Waals surface area contributed by atoms with Crippen LogP contribution < -0.4 is 0 Å². The highest BCUT2D eigenvalue weighted by atomic mass is 19.1. The molecule has 0 saturated heterocycles. The van der Waals surface area contributed by atoms with Crippen LogP contribution in [-0.2, 0) is 5.60 Å². The summed E-state index contributed by atoms with van der Waals surface area (Å²) in [6.07, 6.45) is 1.73. The quantitative estimate of drug-likeness (QED) is 0.879. The van der Waals surface area contributed by atoms with Crippen LogP contribution in [0.5, 0.6) is 0 Å². The van der Waals surface area contributed by atoms with Crippen molar-refractivity contribution in [1.29, 1.82) is 0 Å². The highest BCUT2D eigenvalue weighted by molar-refractivity contribution is 5.60. The molecule has 0 aliphatic rings. The maximum atomic E-state index is 12.9. The summed E-state index contributed by atoms with van der Waals surface area (Å²) in [6.45, 7) is 5.39. The summed E-state index contributed by atoms with van der Waals surface area (Å²) < 4.78 is 12.9. The maximum Gasteiger partial charge on any atom is 0.123 e. The second-order valence-electron chi connectivity index (χ2n) is 4.95. The second-order valence-corrected chi connectivity index (χ2v) is 4.95. The molecule has 3 heteroatoms. The first-order valence-corrected chi connectivity index (χ1v) is 5.83. The molecule has 18 heavy (non-hydrogen) atoms. The molecule has 2 nitrogen and oxygen atoms in total. The van der Waals surface area contributed by atoms with Gasteiger partial charge in [0.1, 0.15) is 5.82 Å². The monoisotopic (exact) mass is 245 g/mol. The van der Waals surface area contributed by atoms with Crippen molar-refractivity contribution in [2.45, 2.75) is 26.4 Å². The van der Waals surface area contributed by atoms with Crippen molar-refractivity contribution >= 4 is 0 Å². The molecule has 0 atom stereocenters. The van der Waals surface area contributed by atoms with E-state index in [0.29, 0.717) is 0 Å². The zero-order valence-electron chi connectivity index (χ0n) is 10.7. The van der Waals surface area contributed by atoms with Gasteiger partial charge in [-0.2, -0.15) is 0 Å². The Hall–Kier alpha value is -1.74. The molecule has 1 aromatic carbocycles. The molecule has 0 fully saturated rings. The first-order valence-electron chi connectivity index (χ1n) is 5.83. The number of hydrogen-bond acceptors (Lipinski definition) is 2. The van der Waals surface area contributed by atoms with Gasteiger partial charge in [-0.15, -0.1) is 0 Å². The number of hydrogen-bond donors (Lipinski definition) is 1. The molecule has 1 N–H and O–H groups in total. The van der Waals surface area contributed by atoms with Crippen LogP contribution in [0.2, 0.25) is 0 Å². The summed E-state index contributed by atoms with van der Waals surface area (Å²) in [4.78, 5) is 4.32. The van der Waals surface area contributed by atoms with Gasteiger partial charge in [0.25, 0.3) is 0 Å². The van der Waals surface area contributed by atoms with E-state index in [0.717, 1.165) is 22.4 Å². The van der Waals surface area contributed by atoms with Crippen LogP contribution in [0.15, 0.2) is 36.5 Å². The molecular formula is C15H16FNO. The number of benzene rings is 1. The number of halogens is 1. The van der Waals surface area contributed by atoms with E-state index >= 15 is 0 Å². The largest absolute Gasteiger partial charge is 0.386 e. The van der Waals surface area contributed by atoms with Gasteiger partial charge in [0, 0.05) is 11.8 Å². The maximum absolute atomic E-state index is 12.9. The fraction of sp³-hybridized carbons (Fsp3) is 0.267. The van der Waals surface area contributed by atoms with Crippen LogP contribution >= 0.6 is 0 Å². The Morgan fingerprint density at radius 2 is 1.78 bits per heavy atom. The fourth-order valence-electron chi connectivity index (χ4n) is 1.96. The van der Waals surface area contributed by atoms with E-state index in [-0.39, 0.29) is 5.82 Å². The first-order chi connectivity index (χ1) is 8.38. The van der Waals surface area contributed by atoms with Gasteiger partial charge in [0.05, 0.1) is 11.3 Å². The highest BCUT2D eigenvalue weighted by Gasteiger charge is 2.19. The zero-order valence-corrected chi connectivity index (χ0v) is 10.7. The lowest BCUT2D eigenvalue weighted by Crippen LogP contribution is -2.17. The predicted molar refractivity (Wildman–Crippen MR) is 69.6 cm³/mol. The van der Waals surface area contributed by atoms with E-state index in [9.17, 15) is 9.50 Å². The molecule has 2 rings (SSSR count). The van der Waals surface area contributed by atoms with Crippen molar-refractivity contribution in [3.05, 3.63) is 53.5 Å². The molecular weight excluding hydrogens is 229 g/mol. The second kappa shape index (κ2) is 4.50. The number of pyridine rings is 1. The third-order valence-corrected chi connectivity index (χ3v) is 2.90. The Bertz CT molecular complexity index is 556. The average Bonchev–Trinajstić information content (AvgIpc) is 2.29. The van der Waals surface area contributed by atoms with E-state index in [1.807, 2.05) is 13.0 Å². The van der Waals surface area contributed by atoms with E-state index < -0.39 is 5.60 Å². The lowest BCUT2D eigenvalue weighted by molar-refractivity contribution is 0.0779. The molecule has 0 aliphatic heterocycles. The van der Waals surface area contributed by atoms with Gasteiger partial charge in [0.2, 0.25) is 0 Å². The molecule has 0 aliphatic carbocycles. The number of aromatic nitrogens is 1. The lowest BCUT2D eigenvalue weighted by atomic mass is 9.93. The van der Waals surface area contributed by atoms with E-state index in [2.05, 4.69) is 4.98 Å². The van der Waals surface area contributed by atoms with Crippen LogP contribution in [-0.4, -0.2) is 10.1 Å². The van der Waals surface area contributed by atoms with E-state index in [1.54, 1.807) is 32.2 Å². The van der Waals surface area contributed by atoms with Gasteiger partial charge in [-0.25, -0.2) is 4.39 Å². The average molecular weight is 245 g/mol. The molecule has 2 aromatic rings. The van der Waals surface area contributed by atoms with Crippen LogP contribution in [0.1, 0.15) is 25.0 Å². The lowest BCUT2D eigenvalue weighted by Gasteiger charge is -2.20. The Balaban J connectivity index is 2.50. The van der Waals surface area contributed by atoms with Gasteiger partial charge in [-0.05, 0) is 62.2 Å². The zero-order chi connectivity index (χ0) is 13.3. The van der Waals surface area contributed by atoms with E-state index in [4.69, 9.17) is 0 Å². The minimum absolute atomic E-state index is 0.270. The number of rotatable bonds is 2. The first kappa shape index (κ1) is 12.7. The van der Waals surface area contributed by atoms with Gasteiger partial charge in [-0.1, -0.05) is 0 Å². The van der Waals surface area contributed by atoms with Crippen LogP contribution in [0.3, 0.4) is 0 Å². The highest BCUT2D eigenvalue weighted by Crippen LogP contribution is 2.27. The van der Waals surface area contributed by atoms with Crippen LogP contribution in [0.25, 0.3) is 11.3 Å². The van der Waals surface area contributed by atoms with Crippen LogP contribution in [0, 0.1) is 12.7 Å². The molecule has 1 aromatic heterocycles. The Morgan fingerprint density at radius 1 is 1.17 bits per heavy atom. The van der Waals surface area contributed by atoms with Crippen LogP contribution in [0.4, 0.5) is 4.39 Å². The smallest absolute Gasteiger partial charge is 0.123 e. The van der Waals surface area contributed by atoms with Gasteiger partial charge < -0.3 is 5.11 Å². The van der Waals surface area contributed by atoms with Gasteiger partial charge >= 0.3 is 0 Å². The third-order valence-electron chi connectivity index (χ3n) is 2.90. The molecule has 0 radical (unpaired) electrons. The predicted octanol–water partition coefficient (Wildman–Crippen LogP) is 3.42. The summed E-state index contributed by atoms with van der Waals surface area (Å²) in [6, 6.07) is 8.02. The molecule has 0 unspecified atom stereocenters. The van der Waals surface area contributed by atoms with Crippen molar-refractivity contribution < 1.29 is 9.50 Å².